The predicted molar refractivity (Wildman–Crippen MR) is 116 cm³/mol. The number of fused-ring (bicyclic) bond motifs is 1. The normalized spacial score (nSPS) is 16.1. The molecule has 0 fully saturated rings. The highest BCUT2D eigenvalue weighted by molar-refractivity contribution is 7.17. The summed E-state index contributed by atoms with van der Waals surface area (Å²) >= 11 is 13.4. The number of carbonyl (C=O) groups excluding carboxylic acids is 2. The van der Waals surface area contributed by atoms with Crippen molar-refractivity contribution in [3.05, 3.63) is 55.9 Å². The highest BCUT2D eigenvalue weighted by Gasteiger charge is 2.30. The molecule has 148 valence electrons. The van der Waals surface area contributed by atoms with E-state index in [1.54, 1.807) is 31.2 Å². The number of hydrogen-bond donors (Lipinski definition) is 1. The van der Waals surface area contributed by atoms with Gasteiger partial charge in [0.15, 0.2) is 0 Å². The first-order valence-electron chi connectivity index (χ1n) is 9.17. The number of esters is 1. The molecule has 4 nitrogen and oxygen atoms in total. The second-order valence-electron chi connectivity index (χ2n) is 6.65. The van der Waals surface area contributed by atoms with E-state index in [-0.39, 0.29) is 17.8 Å². The van der Waals surface area contributed by atoms with Gasteiger partial charge in [0, 0.05) is 11.0 Å². The van der Waals surface area contributed by atoms with Crippen molar-refractivity contribution in [2.45, 2.75) is 39.0 Å². The summed E-state index contributed by atoms with van der Waals surface area (Å²) in [7, 11) is 0. The molecule has 1 heterocycles. The molecule has 1 amide bonds. The number of nitrogens with one attached hydrogen (secondary N) is 1. The van der Waals surface area contributed by atoms with Gasteiger partial charge in [-0.3, -0.25) is 4.79 Å². The lowest BCUT2D eigenvalue weighted by molar-refractivity contribution is -0.111. The van der Waals surface area contributed by atoms with Crippen molar-refractivity contribution < 1.29 is 14.3 Å². The lowest BCUT2D eigenvalue weighted by Gasteiger charge is -2.19. The van der Waals surface area contributed by atoms with Crippen molar-refractivity contribution in [1.82, 2.24) is 0 Å². The first-order chi connectivity index (χ1) is 13.4. The SMILES string of the molecule is CCOC(=O)c1c(NC(=O)/C=C/c2ccc(Cl)c(Cl)c2)sc2c1C(C)CCC2. The molecule has 1 aromatic heterocycles. The quantitative estimate of drug-likeness (QED) is 0.439. The van der Waals surface area contributed by atoms with E-state index in [4.69, 9.17) is 27.9 Å². The largest absolute Gasteiger partial charge is 0.462 e. The molecule has 1 aromatic carbocycles. The molecule has 28 heavy (non-hydrogen) atoms. The van der Waals surface area contributed by atoms with Crippen LogP contribution in [0.15, 0.2) is 24.3 Å². The van der Waals surface area contributed by atoms with Gasteiger partial charge in [0.2, 0.25) is 5.91 Å². The average molecular weight is 438 g/mol. The fourth-order valence-corrected chi connectivity index (χ4v) is 5.01. The van der Waals surface area contributed by atoms with E-state index >= 15 is 0 Å². The van der Waals surface area contributed by atoms with Gasteiger partial charge in [-0.2, -0.15) is 0 Å². The molecule has 1 N–H and O–H groups in total. The van der Waals surface area contributed by atoms with Crippen LogP contribution < -0.4 is 5.32 Å². The fraction of sp³-hybridized carbons (Fsp3) is 0.333. The summed E-state index contributed by atoms with van der Waals surface area (Å²) in [5.41, 5.74) is 2.29. The molecule has 1 atom stereocenters. The molecule has 0 saturated carbocycles. The number of anilines is 1. The van der Waals surface area contributed by atoms with Crippen molar-refractivity contribution in [1.29, 1.82) is 0 Å². The zero-order valence-electron chi connectivity index (χ0n) is 15.7. The number of ether oxygens (including phenoxy) is 1. The van der Waals surface area contributed by atoms with E-state index < -0.39 is 0 Å². The molecule has 7 heteroatoms. The Balaban J connectivity index is 1.84. The summed E-state index contributed by atoms with van der Waals surface area (Å²) in [4.78, 5) is 26.2. The second-order valence-corrected chi connectivity index (χ2v) is 8.57. The Morgan fingerprint density at radius 2 is 2.11 bits per heavy atom. The molecule has 0 radical (unpaired) electrons. The molecule has 2 aromatic rings. The summed E-state index contributed by atoms with van der Waals surface area (Å²) in [5, 5.41) is 4.30. The molecule has 3 rings (SSSR count). The Labute approximate surface area is 178 Å². The maximum atomic E-state index is 12.6. The third-order valence-corrected chi connectivity index (χ3v) is 6.56. The minimum Gasteiger partial charge on any atom is -0.462 e. The van der Waals surface area contributed by atoms with Gasteiger partial charge in [-0.25, -0.2) is 4.79 Å². The minimum atomic E-state index is -0.377. The van der Waals surface area contributed by atoms with Gasteiger partial charge in [0.1, 0.15) is 5.00 Å². The summed E-state index contributed by atoms with van der Waals surface area (Å²) in [6.45, 7) is 4.18. The fourth-order valence-electron chi connectivity index (χ4n) is 3.35. The van der Waals surface area contributed by atoms with Crippen LogP contribution in [0.5, 0.6) is 0 Å². The minimum absolute atomic E-state index is 0.275. The molecule has 0 bridgehead atoms. The van der Waals surface area contributed by atoms with Gasteiger partial charge >= 0.3 is 5.97 Å². The number of rotatable bonds is 5. The van der Waals surface area contributed by atoms with Crippen LogP contribution in [0.4, 0.5) is 5.00 Å². The number of carbonyl (C=O) groups is 2. The highest BCUT2D eigenvalue weighted by Crippen LogP contribution is 2.43. The number of hydrogen-bond acceptors (Lipinski definition) is 4. The number of benzene rings is 1. The second kappa shape index (κ2) is 9.12. The monoisotopic (exact) mass is 437 g/mol. The van der Waals surface area contributed by atoms with E-state index in [2.05, 4.69) is 12.2 Å². The lowest BCUT2D eigenvalue weighted by atomic mass is 9.86. The third-order valence-electron chi connectivity index (χ3n) is 4.64. The molecule has 0 saturated heterocycles. The van der Waals surface area contributed by atoms with Crippen molar-refractivity contribution in [3.63, 3.8) is 0 Å². The number of thiophene rings is 1. The molecule has 1 aliphatic rings. The molecule has 0 spiro atoms. The van der Waals surface area contributed by atoms with Crippen LogP contribution in [0.1, 0.15) is 59.0 Å². The summed E-state index contributed by atoms with van der Waals surface area (Å²) in [6.07, 6.45) is 6.10. The lowest BCUT2D eigenvalue weighted by Crippen LogP contribution is -2.15. The van der Waals surface area contributed by atoms with Gasteiger partial charge < -0.3 is 10.1 Å². The summed E-state index contributed by atoms with van der Waals surface area (Å²) < 4.78 is 5.25. The van der Waals surface area contributed by atoms with E-state index in [0.717, 1.165) is 35.3 Å². The summed E-state index contributed by atoms with van der Waals surface area (Å²) in [6, 6.07) is 5.13. The van der Waals surface area contributed by atoms with Crippen LogP contribution in [0.2, 0.25) is 10.0 Å². The van der Waals surface area contributed by atoms with Crippen LogP contribution in [-0.4, -0.2) is 18.5 Å². The maximum Gasteiger partial charge on any atom is 0.341 e. The first kappa shape index (κ1) is 20.9. The van der Waals surface area contributed by atoms with Gasteiger partial charge in [0.25, 0.3) is 0 Å². The Kier molecular flexibility index (Phi) is 6.81. The first-order valence-corrected chi connectivity index (χ1v) is 10.7. The number of halogens is 2. The van der Waals surface area contributed by atoms with E-state index in [1.165, 1.54) is 17.4 Å². The topological polar surface area (TPSA) is 55.4 Å². The highest BCUT2D eigenvalue weighted by atomic mass is 35.5. The van der Waals surface area contributed by atoms with Crippen LogP contribution >= 0.6 is 34.5 Å². The van der Waals surface area contributed by atoms with Crippen molar-refractivity contribution >= 4 is 57.5 Å². The predicted octanol–water partition coefficient (Wildman–Crippen LogP) is 6.32. The Morgan fingerprint density at radius 1 is 1.32 bits per heavy atom. The van der Waals surface area contributed by atoms with Crippen molar-refractivity contribution in [2.75, 3.05) is 11.9 Å². The molecule has 1 unspecified atom stereocenters. The van der Waals surface area contributed by atoms with Gasteiger partial charge in [0.05, 0.1) is 22.2 Å². The molecule has 0 aliphatic heterocycles. The molecular formula is C21H21Cl2NO3S. The van der Waals surface area contributed by atoms with E-state index in [9.17, 15) is 9.59 Å². The van der Waals surface area contributed by atoms with Crippen molar-refractivity contribution in [2.24, 2.45) is 0 Å². The Hall–Kier alpha value is -1.82. The van der Waals surface area contributed by atoms with Crippen LogP contribution in [-0.2, 0) is 16.0 Å². The van der Waals surface area contributed by atoms with E-state index in [1.807, 2.05) is 0 Å². The standard InChI is InChI=1S/C21H21Cl2NO3S/c1-3-27-21(26)19-18-12(2)5-4-6-16(18)28-20(19)24-17(25)10-8-13-7-9-14(22)15(23)11-13/h7-12H,3-6H2,1-2H3,(H,24,25)/b10-8+. The zero-order valence-corrected chi connectivity index (χ0v) is 18.0. The number of amides is 1. The Morgan fingerprint density at radius 3 is 2.82 bits per heavy atom. The van der Waals surface area contributed by atoms with Crippen LogP contribution in [0.3, 0.4) is 0 Å². The van der Waals surface area contributed by atoms with Gasteiger partial charge in [-0.05, 0) is 61.4 Å². The molecular weight excluding hydrogens is 417 g/mol. The number of aryl methyl sites for hydroxylation is 1. The van der Waals surface area contributed by atoms with Crippen LogP contribution in [0.25, 0.3) is 6.08 Å². The molecule has 1 aliphatic carbocycles. The van der Waals surface area contributed by atoms with Gasteiger partial charge in [-0.1, -0.05) is 36.2 Å². The smallest absolute Gasteiger partial charge is 0.341 e. The van der Waals surface area contributed by atoms with Gasteiger partial charge in [-0.15, -0.1) is 11.3 Å². The Bertz CT molecular complexity index is 936. The summed E-state index contributed by atoms with van der Waals surface area (Å²) in [5.74, 6) is -0.419. The average Bonchev–Trinajstić information content (AvgIpc) is 3.02. The van der Waals surface area contributed by atoms with E-state index in [0.29, 0.717) is 27.2 Å². The van der Waals surface area contributed by atoms with Crippen LogP contribution in [0, 0.1) is 0 Å². The zero-order chi connectivity index (χ0) is 20.3. The third kappa shape index (κ3) is 4.59. The van der Waals surface area contributed by atoms with Crippen molar-refractivity contribution in [3.8, 4) is 0 Å². The maximum absolute atomic E-state index is 12.6.